The van der Waals surface area contributed by atoms with E-state index < -0.39 is 32.5 Å². The summed E-state index contributed by atoms with van der Waals surface area (Å²) in [6, 6.07) is 0. The fraction of sp³-hybridized carbons (Fsp3) is 0.725. The summed E-state index contributed by atoms with van der Waals surface area (Å²) in [5.41, 5.74) is 5.36. The number of esters is 2. The van der Waals surface area contributed by atoms with Gasteiger partial charge in [0.15, 0.2) is 6.10 Å². The molecule has 0 heterocycles. The number of rotatable bonds is 45. The minimum Gasteiger partial charge on any atom is -0.462 e. The van der Waals surface area contributed by atoms with Crippen molar-refractivity contribution in [1.82, 2.24) is 0 Å². The molecule has 0 rings (SSSR count). The van der Waals surface area contributed by atoms with Gasteiger partial charge < -0.3 is 20.1 Å². The molecule has 0 aromatic heterocycles. The molecule has 0 spiro atoms. The maximum Gasteiger partial charge on any atom is 0.472 e. The van der Waals surface area contributed by atoms with Crippen molar-refractivity contribution >= 4 is 19.8 Å². The van der Waals surface area contributed by atoms with Crippen LogP contribution >= 0.6 is 7.82 Å². The van der Waals surface area contributed by atoms with Crippen LogP contribution in [0.15, 0.2) is 72.9 Å². The van der Waals surface area contributed by atoms with Crippen molar-refractivity contribution in [3.8, 4) is 0 Å². The molecule has 352 valence electrons. The normalized spacial score (nSPS) is 13.8. The summed E-state index contributed by atoms with van der Waals surface area (Å²) in [7, 11) is -4.40. The van der Waals surface area contributed by atoms with Gasteiger partial charge in [-0.15, -0.1) is 0 Å². The molecule has 2 atom stereocenters. The van der Waals surface area contributed by atoms with E-state index in [1.54, 1.807) is 0 Å². The van der Waals surface area contributed by atoms with Gasteiger partial charge in [-0.2, -0.15) is 0 Å². The molecule has 0 saturated carbocycles. The van der Waals surface area contributed by atoms with Crippen molar-refractivity contribution in [2.45, 2.75) is 213 Å². The molecule has 0 radical (unpaired) electrons. The second kappa shape index (κ2) is 46.9. The van der Waals surface area contributed by atoms with Gasteiger partial charge >= 0.3 is 19.8 Å². The van der Waals surface area contributed by atoms with E-state index in [1.807, 2.05) is 12.2 Å². The highest BCUT2D eigenvalue weighted by Gasteiger charge is 2.26. The molecule has 1 unspecified atom stereocenters. The zero-order chi connectivity index (χ0) is 44.6. The van der Waals surface area contributed by atoms with Crippen molar-refractivity contribution in [1.29, 1.82) is 0 Å². The third kappa shape index (κ3) is 46.8. The third-order valence-corrected chi connectivity index (χ3v) is 11.1. The van der Waals surface area contributed by atoms with Crippen LogP contribution in [0, 0.1) is 0 Å². The van der Waals surface area contributed by atoms with Gasteiger partial charge in [0.05, 0.1) is 13.2 Å². The quantitative estimate of drug-likeness (QED) is 0.0265. The molecule has 0 aliphatic carbocycles. The predicted octanol–water partition coefficient (Wildman–Crippen LogP) is 14.6. The first-order valence-electron chi connectivity index (χ1n) is 24.4. The molecular formula is C51H90NO8P. The Bertz CT molecular complexity index is 1230. The lowest BCUT2D eigenvalue weighted by atomic mass is 10.0. The molecule has 0 aliphatic rings. The Kier molecular flexibility index (Phi) is 45.0. The number of phosphoric ester groups is 1. The Morgan fingerprint density at radius 1 is 0.492 bits per heavy atom. The highest BCUT2D eigenvalue weighted by Crippen LogP contribution is 2.43. The molecule has 0 aromatic rings. The summed E-state index contributed by atoms with van der Waals surface area (Å²) >= 11 is 0. The molecule has 0 amide bonds. The smallest absolute Gasteiger partial charge is 0.462 e. The van der Waals surface area contributed by atoms with Crippen LogP contribution in [0.2, 0.25) is 0 Å². The summed E-state index contributed by atoms with van der Waals surface area (Å²) in [4.78, 5) is 35.0. The van der Waals surface area contributed by atoms with E-state index in [4.69, 9.17) is 24.3 Å². The van der Waals surface area contributed by atoms with Crippen LogP contribution in [-0.4, -0.2) is 49.3 Å². The summed E-state index contributed by atoms with van der Waals surface area (Å²) in [5.74, 6) is -0.926. The number of carbonyl (C=O) groups excluding carboxylic acids is 2. The maximum atomic E-state index is 12.6. The number of phosphoric acid groups is 1. The Labute approximate surface area is 373 Å². The van der Waals surface area contributed by atoms with E-state index in [1.165, 1.54) is 122 Å². The van der Waals surface area contributed by atoms with Gasteiger partial charge in [-0.3, -0.25) is 18.6 Å². The van der Waals surface area contributed by atoms with Gasteiger partial charge in [-0.25, -0.2) is 4.57 Å². The van der Waals surface area contributed by atoms with Crippen LogP contribution in [0.1, 0.15) is 206 Å². The van der Waals surface area contributed by atoms with Gasteiger partial charge in [-0.05, 0) is 77.0 Å². The number of carbonyl (C=O) groups is 2. The fourth-order valence-electron chi connectivity index (χ4n) is 6.44. The first-order valence-corrected chi connectivity index (χ1v) is 25.9. The van der Waals surface area contributed by atoms with E-state index in [-0.39, 0.29) is 32.6 Å². The second-order valence-corrected chi connectivity index (χ2v) is 17.4. The molecule has 0 fully saturated rings. The number of ether oxygens (including phenoxy) is 2. The van der Waals surface area contributed by atoms with Gasteiger partial charge in [0, 0.05) is 19.4 Å². The standard InChI is InChI=1S/C51H90NO8P/c1-3-5-7-9-11-13-15-17-19-21-23-24-26-28-30-32-34-36-38-40-42-44-51(54)60-49(48-59-61(55,56)58-46-45-52)47-57-50(53)43-41-39-37-35-33-31-29-27-25-22-20-18-16-14-12-10-8-6-4-2/h12,14,17-20,25,27,31,33,37,39,49H,3-11,13,15-16,21-24,26,28-30,32,34-36,38,40-48,52H2,1-2H3,(H,55,56)/t49-/m1/s1. The lowest BCUT2D eigenvalue weighted by Crippen LogP contribution is -2.29. The second-order valence-electron chi connectivity index (χ2n) is 16.0. The van der Waals surface area contributed by atoms with Gasteiger partial charge in [0.25, 0.3) is 0 Å². The van der Waals surface area contributed by atoms with Crippen molar-refractivity contribution in [3.05, 3.63) is 72.9 Å². The molecule has 61 heavy (non-hydrogen) atoms. The highest BCUT2D eigenvalue weighted by atomic mass is 31.2. The summed E-state index contributed by atoms with van der Waals surface area (Å²) < 4.78 is 32.8. The zero-order valence-electron chi connectivity index (χ0n) is 38.9. The SMILES string of the molecule is CCCCCC=CCC=CCC=CCC=CCC=CCCC(=O)OC[C@H](COP(=O)(O)OCCN)OC(=O)CCCCCCCCCCCCCC=CCCCCCCCC. The largest absolute Gasteiger partial charge is 0.472 e. The van der Waals surface area contributed by atoms with E-state index >= 15 is 0 Å². The van der Waals surface area contributed by atoms with E-state index in [2.05, 4.69) is 74.6 Å². The zero-order valence-corrected chi connectivity index (χ0v) is 39.8. The van der Waals surface area contributed by atoms with Crippen molar-refractivity contribution < 1.29 is 37.6 Å². The molecule has 3 N–H and O–H groups in total. The van der Waals surface area contributed by atoms with Crippen LogP contribution in [0.5, 0.6) is 0 Å². The number of allylic oxidation sites excluding steroid dienone is 12. The average Bonchev–Trinajstić information content (AvgIpc) is 3.25. The van der Waals surface area contributed by atoms with Crippen molar-refractivity contribution in [3.63, 3.8) is 0 Å². The Hall–Kier alpha value is -2.55. The van der Waals surface area contributed by atoms with Crippen LogP contribution in [-0.2, 0) is 32.7 Å². The van der Waals surface area contributed by atoms with E-state index in [0.717, 1.165) is 44.9 Å². The monoisotopic (exact) mass is 876 g/mol. The van der Waals surface area contributed by atoms with Crippen LogP contribution in [0.3, 0.4) is 0 Å². The molecule has 0 saturated heterocycles. The van der Waals surface area contributed by atoms with E-state index in [0.29, 0.717) is 12.8 Å². The van der Waals surface area contributed by atoms with Gasteiger partial charge in [-0.1, -0.05) is 189 Å². The van der Waals surface area contributed by atoms with Crippen LogP contribution in [0.25, 0.3) is 0 Å². The molecule has 10 heteroatoms. The minimum atomic E-state index is -4.40. The number of hydrogen-bond donors (Lipinski definition) is 2. The van der Waals surface area contributed by atoms with Gasteiger partial charge in [0.1, 0.15) is 6.61 Å². The van der Waals surface area contributed by atoms with Crippen molar-refractivity contribution in [2.75, 3.05) is 26.4 Å². The molecule has 0 aliphatic heterocycles. The molecule has 0 aromatic carbocycles. The Balaban J connectivity index is 4.19. The first-order chi connectivity index (χ1) is 29.8. The third-order valence-electron chi connectivity index (χ3n) is 10.1. The maximum absolute atomic E-state index is 12.6. The van der Waals surface area contributed by atoms with Crippen molar-refractivity contribution in [2.24, 2.45) is 5.73 Å². The van der Waals surface area contributed by atoms with E-state index in [9.17, 15) is 19.0 Å². The van der Waals surface area contributed by atoms with Crippen LogP contribution in [0.4, 0.5) is 0 Å². The topological polar surface area (TPSA) is 134 Å². The number of unbranched alkanes of at least 4 members (excludes halogenated alkanes) is 20. The highest BCUT2D eigenvalue weighted by molar-refractivity contribution is 7.47. The summed E-state index contributed by atoms with van der Waals surface area (Å²) in [5, 5.41) is 0. The molecular weight excluding hydrogens is 786 g/mol. The summed E-state index contributed by atoms with van der Waals surface area (Å²) in [6.07, 6.45) is 58.1. The first kappa shape index (κ1) is 58.5. The molecule has 0 bridgehead atoms. The van der Waals surface area contributed by atoms with Gasteiger partial charge in [0.2, 0.25) is 0 Å². The Morgan fingerprint density at radius 2 is 0.885 bits per heavy atom. The average molecular weight is 876 g/mol. The Morgan fingerprint density at radius 3 is 1.38 bits per heavy atom. The van der Waals surface area contributed by atoms with Crippen LogP contribution < -0.4 is 5.73 Å². The predicted molar refractivity (Wildman–Crippen MR) is 256 cm³/mol. The lowest BCUT2D eigenvalue weighted by molar-refractivity contribution is -0.161. The summed E-state index contributed by atoms with van der Waals surface area (Å²) in [6.45, 7) is 3.62. The lowest BCUT2D eigenvalue weighted by Gasteiger charge is -2.19. The minimum absolute atomic E-state index is 0.0413. The number of nitrogens with two attached hydrogens (primary N) is 1. The number of hydrogen-bond acceptors (Lipinski definition) is 8. The molecule has 9 nitrogen and oxygen atoms in total. The fourth-order valence-corrected chi connectivity index (χ4v) is 7.20.